The first-order chi connectivity index (χ1) is 26.3. The number of nitrogens with zero attached hydrogens (tertiary/aromatic N) is 3. The molecule has 0 amide bonds. The lowest BCUT2D eigenvalue weighted by atomic mass is 9.93. The highest BCUT2D eigenvalue weighted by atomic mass is 16.3. The molecule has 0 spiro atoms. The van der Waals surface area contributed by atoms with Gasteiger partial charge in [-0.2, -0.15) is 0 Å². The summed E-state index contributed by atoms with van der Waals surface area (Å²) in [7, 11) is 0. The average Bonchev–Trinajstić information content (AvgIpc) is 3.64. The molecule has 0 N–H and O–H groups in total. The van der Waals surface area contributed by atoms with Gasteiger partial charge in [-0.15, -0.1) is 0 Å². The lowest BCUT2D eigenvalue weighted by Crippen LogP contribution is -2.01. The van der Waals surface area contributed by atoms with Crippen LogP contribution in [0.2, 0.25) is 0 Å². The maximum absolute atomic E-state index is 6.70. The number of benzene rings is 8. The van der Waals surface area contributed by atoms with Crippen molar-refractivity contribution < 1.29 is 4.42 Å². The van der Waals surface area contributed by atoms with Crippen LogP contribution in [0.3, 0.4) is 0 Å². The van der Waals surface area contributed by atoms with Gasteiger partial charge < -0.3 is 4.42 Å². The third-order valence-corrected chi connectivity index (χ3v) is 9.94. The van der Waals surface area contributed by atoms with Gasteiger partial charge in [0.25, 0.3) is 0 Å². The second-order valence-electron chi connectivity index (χ2n) is 13.2. The number of rotatable bonds is 6. The molecular formula is C49H31N3O. The van der Waals surface area contributed by atoms with Crippen molar-refractivity contribution in [3.8, 4) is 67.5 Å². The van der Waals surface area contributed by atoms with Crippen molar-refractivity contribution >= 4 is 32.7 Å². The SMILES string of the molecule is c1ccc(-c2ccc(-c3nc(-c4cccc(-c5ccccc5)c4)nc(-c4cc5c(-c6ccccc6)cccc5c5oc6ccccc6c45)n3)cc2)cc1. The Hall–Kier alpha value is -7.17. The van der Waals surface area contributed by atoms with E-state index >= 15 is 0 Å². The fourth-order valence-corrected chi connectivity index (χ4v) is 7.35. The molecule has 2 aromatic heterocycles. The molecule has 0 aliphatic rings. The van der Waals surface area contributed by atoms with Gasteiger partial charge in [0.2, 0.25) is 0 Å². The lowest BCUT2D eigenvalue weighted by molar-refractivity contribution is 0.672. The first kappa shape index (κ1) is 30.6. The fourth-order valence-electron chi connectivity index (χ4n) is 7.35. The van der Waals surface area contributed by atoms with E-state index in [1.165, 1.54) is 0 Å². The molecule has 10 aromatic rings. The molecule has 0 bridgehead atoms. The summed E-state index contributed by atoms with van der Waals surface area (Å²) in [6.07, 6.45) is 0. The summed E-state index contributed by atoms with van der Waals surface area (Å²) >= 11 is 0. The highest BCUT2D eigenvalue weighted by Crippen LogP contribution is 2.43. The van der Waals surface area contributed by atoms with Gasteiger partial charge in [-0.3, -0.25) is 0 Å². The van der Waals surface area contributed by atoms with Crippen LogP contribution >= 0.6 is 0 Å². The molecule has 4 nitrogen and oxygen atoms in total. The summed E-state index contributed by atoms with van der Waals surface area (Å²) in [4.78, 5) is 15.7. The van der Waals surface area contributed by atoms with E-state index < -0.39 is 0 Å². The van der Waals surface area contributed by atoms with Gasteiger partial charge in [0.05, 0.1) is 0 Å². The largest absolute Gasteiger partial charge is 0.455 e. The molecule has 4 heteroatoms. The molecule has 0 aliphatic heterocycles. The van der Waals surface area contributed by atoms with Crippen LogP contribution in [-0.2, 0) is 0 Å². The molecule has 8 aromatic carbocycles. The third-order valence-electron chi connectivity index (χ3n) is 9.94. The molecule has 0 saturated heterocycles. The number of aromatic nitrogens is 3. The maximum atomic E-state index is 6.70. The minimum Gasteiger partial charge on any atom is -0.455 e. The van der Waals surface area contributed by atoms with Crippen LogP contribution in [0.25, 0.3) is 100 Å². The van der Waals surface area contributed by atoms with E-state index in [9.17, 15) is 0 Å². The van der Waals surface area contributed by atoms with Crippen LogP contribution in [0.15, 0.2) is 192 Å². The number of hydrogen-bond donors (Lipinski definition) is 0. The van der Waals surface area contributed by atoms with Crippen LogP contribution in [-0.4, -0.2) is 15.0 Å². The summed E-state index contributed by atoms with van der Waals surface area (Å²) < 4.78 is 6.70. The predicted octanol–water partition coefficient (Wildman–Crippen LogP) is 12.9. The Labute approximate surface area is 306 Å². The quantitative estimate of drug-likeness (QED) is 0.176. The van der Waals surface area contributed by atoms with Gasteiger partial charge in [0.1, 0.15) is 11.2 Å². The lowest BCUT2D eigenvalue weighted by Gasteiger charge is -2.13. The number of fused-ring (bicyclic) bond motifs is 5. The zero-order valence-electron chi connectivity index (χ0n) is 28.6. The zero-order valence-corrected chi connectivity index (χ0v) is 28.6. The van der Waals surface area contributed by atoms with Gasteiger partial charge in [0.15, 0.2) is 17.5 Å². The minimum absolute atomic E-state index is 0.587. The molecular weight excluding hydrogens is 647 g/mol. The third kappa shape index (κ3) is 5.54. The topological polar surface area (TPSA) is 51.8 Å². The second-order valence-corrected chi connectivity index (χ2v) is 13.2. The number of hydrogen-bond acceptors (Lipinski definition) is 4. The Kier molecular flexibility index (Phi) is 7.43. The predicted molar refractivity (Wildman–Crippen MR) is 217 cm³/mol. The molecule has 10 rings (SSSR count). The Morgan fingerprint density at radius 2 is 0.811 bits per heavy atom. The summed E-state index contributed by atoms with van der Waals surface area (Å²) in [5.41, 5.74) is 11.1. The van der Waals surface area contributed by atoms with E-state index in [-0.39, 0.29) is 0 Å². The van der Waals surface area contributed by atoms with Gasteiger partial charge in [0, 0.05) is 32.8 Å². The second kappa shape index (κ2) is 12.9. The van der Waals surface area contributed by atoms with Crippen LogP contribution < -0.4 is 0 Å². The van der Waals surface area contributed by atoms with Crippen LogP contribution in [0, 0.1) is 0 Å². The molecule has 0 fully saturated rings. The van der Waals surface area contributed by atoms with E-state index in [0.717, 1.165) is 82.8 Å². The molecule has 2 heterocycles. The zero-order chi connectivity index (χ0) is 35.1. The molecule has 53 heavy (non-hydrogen) atoms. The Bertz CT molecular complexity index is 2920. The summed E-state index contributed by atoms with van der Waals surface area (Å²) in [5, 5.41) is 4.12. The van der Waals surface area contributed by atoms with Crippen molar-refractivity contribution in [1.82, 2.24) is 15.0 Å². The smallest absolute Gasteiger partial charge is 0.164 e. The Morgan fingerprint density at radius 3 is 1.55 bits per heavy atom. The monoisotopic (exact) mass is 677 g/mol. The van der Waals surface area contributed by atoms with Crippen molar-refractivity contribution in [2.24, 2.45) is 0 Å². The van der Waals surface area contributed by atoms with Crippen LogP contribution in [0.5, 0.6) is 0 Å². The fraction of sp³-hybridized carbons (Fsp3) is 0. The normalized spacial score (nSPS) is 11.4. The first-order valence-electron chi connectivity index (χ1n) is 17.8. The summed E-state index contributed by atoms with van der Waals surface area (Å²) in [5.74, 6) is 1.79. The highest BCUT2D eigenvalue weighted by molar-refractivity contribution is 6.22. The van der Waals surface area contributed by atoms with Crippen molar-refractivity contribution in [1.29, 1.82) is 0 Å². The highest BCUT2D eigenvalue weighted by Gasteiger charge is 2.21. The summed E-state index contributed by atoms with van der Waals surface area (Å²) in [6.45, 7) is 0. The van der Waals surface area contributed by atoms with E-state index in [4.69, 9.17) is 19.4 Å². The molecule has 0 saturated carbocycles. The molecule has 0 aliphatic carbocycles. The van der Waals surface area contributed by atoms with Crippen molar-refractivity contribution in [3.05, 3.63) is 188 Å². The number of furan rings is 1. The number of para-hydroxylation sites is 1. The van der Waals surface area contributed by atoms with Crippen molar-refractivity contribution in [3.63, 3.8) is 0 Å². The van der Waals surface area contributed by atoms with E-state index in [2.05, 4.69) is 158 Å². The van der Waals surface area contributed by atoms with Gasteiger partial charge in [-0.05, 0) is 57.0 Å². The summed E-state index contributed by atoms with van der Waals surface area (Å²) in [6, 6.07) is 65.1. The van der Waals surface area contributed by atoms with Crippen LogP contribution in [0.1, 0.15) is 0 Å². The first-order valence-corrected chi connectivity index (χ1v) is 17.8. The average molecular weight is 678 g/mol. The van der Waals surface area contributed by atoms with Crippen molar-refractivity contribution in [2.75, 3.05) is 0 Å². The molecule has 248 valence electrons. The van der Waals surface area contributed by atoms with E-state index in [1.54, 1.807) is 0 Å². The maximum Gasteiger partial charge on any atom is 0.164 e. The Morgan fingerprint density at radius 1 is 0.302 bits per heavy atom. The Balaban J connectivity index is 1.24. The van der Waals surface area contributed by atoms with Gasteiger partial charge >= 0.3 is 0 Å². The van der Waals surface area contributed by atoms with Gasteiger partial charge in [-0.25, -0.2) is 15.0 Å². The molecule has 0 atom stereocenters. The standard InChI is InChI=1S/C49H31N3O/c1-4-14-32(15-5-1)34-26-28-36(29-27-34)47-50-48(38-21-12-20-37(30-38)33-16-6-2-7-17-33)52-49(51-47)43-31-42-39(35-18-8-3-9-19-35)23-13-24-40(42)46-45(43)41-22-10-11-25-44(41)53-46/h1-31H. The van der Waals surface area contributed by atoms with Gasteiger partial charge in [-0.1, -0.05) is 170 Å². The van der Waals surface area contributed by atoms with Crippen LogP contribution in [0.4, 0.5) is 0 Å². The van der Waals surface area contributed by atoms with E-state index in [1.807, 2.05) is 30.3 Å². The van der Waals surface area contributed by atoms with Crippen molar-refractivity contribution in [2.45, 2.75) is 0 Å². The molecule has 0 radical (unpaired) electrons. The molecule has 0 unspecified atom stereocenters. The minimum atomic E-state index is 0.587. The van der Waals surface area contributed by atoms with E-state index in [0.29, 0.717) is 17.5 Å².